The van der Waals surface area contributed by atoms with Crippen LogP contribution in [0.5, 0.6) is 0 Å². The van der Waals surface area contributed by atoms with Crippen molar-refractivity contribution in [1.82, 2.24) is 19.9 Å². The van der Waals surface area contributed by atoms with Gasteiger partial charge >= 0.3 is 0 Å². The first-order valence-corrected chi connectivity index (χ1v) is 6.43. The summed E-state index contributed by atoms with van der Waals surface area (Å²) >= 11 is 3.34. The molecule has 0 fully saturated rings. The Hall–Kier alpha value is -1.47. The maximum atomic E-state index is 11.5. The molecule has 2 aromatic rings. The lowest BCUT2D eigenvalue weighted by molar-refractivity contribution is -0.121. The number of nitrogens with two attached hydrogens (primary N) is 1. The number of fused-ring (bicyclic) bond motifs is 1. The van der Waals surface area contributed by atoms with Gasteiger partial charge < -0.3 is 15.6 Å². The molecule has 2 aromatic heterocycles. The summed E-state index contributed by atoms with van der Waals surface area (Å²) in [7, 11) is 0. The van der Waals surface area contributed by atoms with Crippen LogP contribution in [-0.2, 0) is 11.3 Å². The molecule has 0 aromatic carbocycles. The van der Waals surface area contributed by atoms with E-state index in [1.54, 1.807) is 12.5 Å². The Kier molecular flexibility index (Phi) is 4.27. The zero-order valence-corrected chi connectivity index (χ0v) is 11.4. The molecule has 2 heterocycles. The summed E-state index contributed by atoms with van der Waals surface area (Å²) < 4.78 is 2.75. The fourth-order valence-electron chi connectivity index (χ4n) is 1.61. The van der Waals surface area contributed by atoms with Gasteiger partial charge in [-0.1, -0.05) is 0 Å². The minimum absolute atomic E-state index is 0.0144. The Morgan fingerprint density at radius 3 is 3.11 bits per heavy atom. The zero-order valence-electron chi connectivity index (χ0n) is 9.77. The first-order valence-electron chi connectivity index (χ1n) is 5.64. The van der Waals surface area contributed by atoms with E-state index in [-0.39, 0.29) is 5.91 Å². The highest BCUT2D eigenvalue weighted by Gasteiger charge is 2.06. The molecule has 0 aliphatic heterocycles. The highest BCUT2D eigenvalue weighted by atomic mass is 79.9. The summed E-state index contributed by atoms with van der Waals surface area (Å²) in [4.78, 5) is 20.0. The minimum Gasteiger partial charge on any atom is -0.355 e. The first kappa shape index (κ1) is 13.0. The number of carbonyl (C=O) groups excluding carboxylic acids is 1. The summed E-state index contributed by atoms with van der Waals surface area (Å²) in [5.74, 6) is -0.0144. The van der Waals surface area contributed by atoms with Crippen LogP contribution in [0.1, 0.15) is 6.42 Å². The Morgan fingerprint density at radius 2 is 2.33 bits per heavy atom. The fraction of sp³-hybridized carbons (Fsp3) is 0.364. The van der Waals surface area contributed by atoms with Gasteiger partial charge in [0.05, 0.1) is 6.33 Å². The van der Waals surface area contributed by atoms with Crippen molar-refractivity contribution >= 4 is 33.0 Å². The van der Waals surface area contributed by atoms with Crippen LogP contribution < -0.4 is 11.1 Å². The third kappa shape index (κ3) is 3.05. The summed E-state index contributed by atoms with van der Waals surface area (Å²) in [5, 5.41) is 2.73. The van der Waals surface area contributed by atoms with E-state index in [1.165, 1.54) is 0 Å². The lowest BCUT2D eigenvalue weighted by Gasteiger charge is -2.04. The van der Waals surface area contributed by atoms with Crippen molar-refractivity contribution in [3.63, 3.8) is 0 Å². The molecule has 0 saturated carbocycles. The number of imidazole rings is 1. The Labute approximate surface area is 113 Å². The highest BCUT2D eigenvalue weighted by molar-refractivity contribution is 9.10. The molecular formula is C11H14BrN5O. The lowest BCUT2D eigenvalue weighted by atomic mass is 10.4. The predicted octanol–water partition coefficient (Wildman–Crippen LogP) is 0.659. The average Bonchev–Trinajstić information content (AvgIpc) is 2.76. The molecule has 0 unspecified atom stereocenters. The van der Waals surface area contributed by atoms with Gasteiger partial charge in [0, 0.05) is 36.7 Å². The van der Waals surface area contributed by atoms with Crippen LogP contribution in [0.3, 0.4) is 0 Å². The van der Waals surface area contributed by atoms with Crippen molar-refractivity contribution in [3.05, 3.63) is 23.1 Å². The molecule has 6 nitrogen and oxygen atoms in total. The molecule has 0 radical (unpaired) electrons. The molecule has 0 aliphatic rings. The number of aryl methyl sites for hydroxylation is 1. The van der Waals surface area contributed by atoms with Gasteiger partial charge in [0.15, 0.2) is 5.65 Å². The van der Waals surface area contributed by atoms with Crippen LogP contribution in [0.25, 0.3) is 11.2 Å². The molecule has 1 amide bonds. The van der Waals surface area contributed by atoms with E-state index in [0.29, 0.717) is 26.1 Å². The second-order valence-corrected chi connectivity index (χ2v) is 4.74. The number of carbonyl (C=O) groups is 1. The molecule has 0 atom stereocenters. The Bertz CT molecular complexity index is 553. The van der Waals surface area contributed by atoms with Crippen molar-refractivity contribution < 1.29 is 4.79 Å². The highest BCUT2D eigenvalue weighted by Crippen LogP contribution is 2.15. The zero-order chi connectivity index (χ0) is 13.0. The molecular weight excluding hydrogens is 298 g/mol. The van der Waals surface area contributed by atoms with Crippen LogP contribution in [-0.4, -0.2) is 33.5 Å². The largest absolute Gasteiger partial charge is 0.355 e. The number of aromatic nitrogens is 3. The van der Waals surface area contributed by atoms with Crippen LogP contribution >= 0.6 is 15.9 Å². The molecule has 3 N–H and O–H groups in total. The number of rotatable bonds is 5. The van der Waals surface area contributed by atoms with E-state index in [9.17, 15) is 4.79 Å². The van der Waals surface area contributed by atoms with Gasteiger partial charge in [-0.25, -0.2) is 9.97 Å². The van der Waals surface area contributed by atoms with Gasteiger partial charge in [-0.05, 0) is 22.0 Å². The number of amides is 1. The minimum atomic E-state index is -0.0144. The number of hydrogen-bond acceptors (Lipinski definition) is 4. The number of nitrogens with one attached hydrogen (secondary N) is 1. The van der Waals surface area contributed by atoms with E-state index in [0.717, 1.165) is 15.6 Å². The maximum absolute atomic E-state index is 11.5. The topological polar surface area (TPSA) is 85.8 Å². The van der Waals surface area contributed by atoms with Crippen LogP contribution in [0.4, 0.5) is 0 Å². The SMILES string of the molecule is NCCNC(=O)CCn1cnc2cc(Br)cnc21. The number of halogens is 1. The molecule has 0 aliphatic carbocycles. The first-order chi connectivity index (χ1) is 8.70. The van der Waals surface area contributed by atoms with Gasteiger partial charge in [0.2, 0.25) is 5.91 Å². The van der Waals surface area contributed by atoms with Crippen LogP contribution in [0.2, 0.25) is 0 Å². The molecule has 7 heteroatoms. The quantitative estimate of drug-likeness (QED) is 0.849. The standard InChI is InChI=1S/C11H14BrN5O/c12-8-5-9-11(15-6-8)17(7-16-9)4-1-10(18)14-3-2-13/h5-7H,1-4,13H2,(H,14,18). The molecule has 18 heavy (non-hydrogen) atoms. The van der Waals surface area contributed by atoms with Gasteiger partial charge in [0.1, 0.15) is 5.52 Å². The molecule has 0 spiro atoms. The van der Waals surface area contributed by atoms with Gasteiger partial charge in [-0.15, -0.1) is 0 Å². The smallest absolute Gasteiger partial charge is 0.221 e. The average molecular weight is 312 g/mol. The van der Waals surface area contributed by atoms with Crippen LogP contribution in [0, 0.1) is 0 Å². The molecule has 96 valence electrons. The Balaban J connectivity index is 2.02. The van der Waals surface area contributed by atoms with E-state index in [1.807, 2.05) is 10.6 Å². The number of nitrogens with zero attached hydrogens (tertiary/aromatic N) is 3. The lowest BCUT2D eigenvalue weighted by Crippen LogP contribution is -2.29. The van der Waals surface area contributed by atoms with Crippen molar-refractivity contribution in [3.8, 4) is 0 Å². The van der Waals surface area contributed by atoms with E-state index in [2.05, 4.69) is 31.2 Å². The molecule has 0 bridgehead atoms. The number of pyridine rings is 1. The van der Waals surface area contributed by atoms with Crippen LogP contribution in [0.15, 0.2) is 23.1 Å². The van der Waals surface area contributed by atoms with E-state index < -0.39 is 0 Å². The molecule has 0 saturated heterocycles. The summed E-state index contributed by atoms with van der Waals surface area (Å²) in [5.41, 5.74) is 6.91. The van der Waals surface area contributed by atoms with Gasteiger partial charge in [0.25, 0.3) is 0 Å². The third-order valence-corrected chi connectivity index (χ3v) is 2.90. The van der Waals surface area contributed by atoms with Crippen molar-refractivity contribution in [2.75, 3.05) is 13.1 Å². The van der Waals surface area contributed by atoms with Gasteiger partial charge in [-0.3, -0.25) is 4.79 Å². The monoisotopic (exact) mass is 311 g/mol. The van der Waals surface area contributed by atoms with Crippen molar-refractivity contribution in [2.45, 2.75) is 13.0 Å². The second kappa shape index (κ2) is 5.92. The third-order valence-electron chi connectivity index (χ3n) is 2.47. The van der Waals surface area contributed by atoms with Gasteiger partial charge in [-0.2, -0.15) is 0 Å². The van der Waals surface area contributed by atoms with Crippen molar-refractivity contribution in [1.29, 1.82) is 0 Å². The van der Waals surface area contributed by atoms with Crippen molar-refractivity contribution in [2.24, 2.45) is 5.73 Å². The predicted molar refractivity (Wildman–Crippen MR) is 71.9 cm³/mol. The summed E-state index contributed by atoms with van der Waals surface area (Å²) in [6.45, 7) is 1.52. The maximum Gasteiger partial charge on any atom is 0.221 e. The van der Waals surface area contributed by atoms with E-state index >= 15 is 0 Å². The fourth-order valence-corrected chi connectivity index (χ4v) is 1.93. The second-order valence-electron chi connectivity index (χ2n) is 3.82. The molecule has 2 rings (SSSR count). The number of hydrogen-bond donors (Lipinski definition) is 2. The summed E-state index contributed by atoms with van der Waals surface area (Å²) in [6, 6.07) is 1.90. The Morgan fingerprint density at radius 1 is 1.50 bits per heavy atom. The normalized spacial score (nSPS) is 10.8. The van der Waals surface area contributed by atoms with E-state index in [4.69, 9.17) is 5.73 Å². The summed E-state index contributed by atoms with van der Waals surface area (Å²) in [6.07, 6.45) is 3.80.